The molecule has 16 heteroatoms. The summed E-state index contributed by atoms with van der Waals surface area (Å²) >= 11 is 0. The first-order valence-electron chi connectivity index (χ1n) is 23.3. The number of carboxylic acid groups (broad SMARTS) is 1. The molecule has 14 nitrogen and oxygen atoms in total. The van der Waals surface area contributed by atoms with Gasteiger partial charge < -0.3 is 20.5 Å². The van der Waals surface area contributed by atoms with Gasteiger partial charge in [0.2, 0.25) is 35.4 Å². The number of hydrogen-bond donors (Lipinski definition) is 3. The van der Waals surface area contributed by atoms with Gasteiger partial charge in [0.1, 0.15) is 18.9 Å². The molecule has 6 aliphatic carbocycles. The molecule has 2 unspecified atom stereocenters. The molecule has 8 aliphatic rings. The zero-order valence-corrected chi connectivity index (χ0v) is 46.8. The number of ether oxygens (including phenoxy) is 1. The average Bonchev–Trinajstić information content (AvgIpc) is 3.13. The van der Waals surface area contributed by atoms with Crippen molar-refractivity contribution in [2.45, 2.75) is 218 Å². The first kappa shape index (κ1) is 79.5. The molecule has 2 heterocycles. The molecule has 3 N–H and O–H groups in total. The predicted octanol–water partition coefficient (Wildman–Crippen LogP) is 9.89. The van der Waals surface area contributed by atoms with Gasteiger partial charge in [-0.1, -0.05) is 199 Å². The molecular formula is C48H96N4O10Y2. The van der Waals surface area contributed by atoms with Crippen molar-refractivity contribution in [2.75, 3.05) is 28.2 Å². The minimum Gasteiger partial charge on any atom is -0.481 e. The monoisotopic (exact) mass is 1070 g/mol. The molecule has 8 rings (SSSR count). The molecule has 2 aliphatic heterocycles. The second-order valence-electron chi connectivity index (χ2n) is 14.0. The number of amides is 6. The van der Waals surface area contributed by atoms with Crippen LogP contribution in [-0.2, 0) is 109 Å². The molecule has 64 heavy (non-hydrogen) atoms. The van der Waals surface area contributed by atoms with Gasteiger partial charge in [0, 0.05) is 93.6 Å². The fraction of sp³-hybridized carbons (Fsp3) is 0.833. The number of carbonyl (C=O) groups excluding carboxylic acids is 7. The zero-order valence-electron chi connectivity index (χ0n) is 41.1. The van der Waals surface area contributed by atoms with Crippen LogP contribution in [0.25, 0.3) is 0 Å². The Morgan fingerprint density at radius 1 is 0.484 bits per heavy atom. The Hall–Kier alpha value is -1.63. The smallest absolute Gasteiger partial charge is 0.308 e. The Morgan fingerprint density at radius 3 is 0.750 bits per heavy atom. The Bertz CT molecular complexity index is 1010. The maximum Gasteiger partial charge on any atom is 0.308 e. The summed E-state index contributed by atoms with van der Waals surface area (Å²) in [5, 5.41) is 13.6. The van der Waals surface area contributed by atoms with E-state index in [9.17, 15) is 38.4 Å². The zero-order chi connectivity index (χ0) is 46.9. The number of carbonyl (C=O) groups is 8. The van der Waals surface area contributed by atoms with E-state index in [2.05, 4.69) is 15.4 Å². The van der Waals surface area contributed by atoms with Crippen LogP contribution in [0.3, 0.4) is 0 Å². The van der Waals surface area contributed by atoms with Crippen LogP contribution in [-0.4, -0.2) is 97.1 Å². The Kier molecular flexibility index (Phi) is 69.1. The van der Waals surface area contributed by atoms with Gasteiger partial charge in [0.05, 0.1) is 17.8 Å². The molecule has 0 spiro atoms. The molecule has 2 saturated heterocycles. The molecule has 0 aromatic carbocycles. The average molecular weight is 1070 g/mol. The molecular weight excluding hydrogens is 970 g/mol. The molecule has 0 aromatic heterocycles. The van der Waals surface area contributed by atoms with E-state index in [4.69, 9.17) is 5.11 Å². The largest absolute Gasteiger partial charge is 0.481 e. The van der Waals surface area contributed by atoms with Crippen LogP contribution in [0.5, 0.6) is 0 Å². The summed E-state index contributed by atoms with van der Waals surface area (Å²) in [6.07, 6.45) is 29.2. The van der Waals surface area contributed by atoms with Gasteiger partial charge in [0.15, 0.2) is 0 Å². The molecule has 0 bridgehead atoms. The maximum absolute atomic E-state index is 11.5. The summed E-state index contributed by atoms with van der Waals surface area (Å²) in [5.74, 6) is -6.05. The number of β-lactam (4-membered cyclic amide) rings is 4. The van der Waals surface area contributed by atoms with Crippen LogP contribution >= 0.6 is 0 Å². The summed E-state index contributed by atoms with van der Waals surface area (Å²) in [4.78, 5) is 87.4. The van der Waals surface area contributed by atoms with Crippen molar-refractivity contribution in [2.24, 2.45) is 17.8 Å². The summed E-state index contributed by atoms with van der Waals surface area (Å²) in [5.41, 5.74) is 0. The number of hydrogen-bond acceptors (Lipinski definition) is 9. The van der Waals surface area contributed by atoms with Crippen molar-refractivity contribution in [1.82, 2.24) is 20.4 Å². The minimum absolute atomic E-state index is 0. The van der Waals surface area contributed by atoms with E-state index < -0.39 is 41.6 Å². The van der Waals surface area contributed by atoms with Crippen LogP contribution < -0.4 is 10.6 Å². The van der Waals surface area contributed by atoms with Gasteiger partial charge in [-0.2, -0.15) is 0 Å². The maximum atomic E-state index is 11.5. The van der Waals surface area contributed by atoms with Crippen LogP contribution in [0.1, 0.15) is 212 Å². The van der Waals surface area contributed by atoms with Gasteiger partial charge in [0.25, 0.3) is 6.47 Å². The minimum atomic E-state index is -1.28. The van der Waals surface area contributed by atoms with Crippen molar-refractivity contribution >= 4 is 47.9 Å². The van der Waals surface area contributed by atoms with Crippen molar-refractivity contribution in [3.8, 4) is 0 Å². The van der Waals surface area contributed by atoms with Crippen LogP contribution in [0.2, 0.25) is 0 Å². The summed E-state index contributed by atoms with van der Waals surface area (Å²) < 4.78 is 4.66. The van der Waals surface area contributed by atoms with E-state index in [1.807, 2.05) is 55.4 Å². The Labute approximate surface area is 442 Å². The van der Waals surface area contributed by atoms with Crippen molar-refractivity contribution < 1.29 is 114 Å². The van der Waals surface area contributed by atoms with Crippen LogP contribution in [0, 0.1) is 17.8 Å². The van der Waals surface area contributed by atoms with E-state index in [0.717, 1.165) is 9.80 Å². The van der Waals surface area contributed by atoms with Crippen LogP contribution in [0.4, 0.5) is 0 Å². The van der Waals surface area contributed by atoms with Gasteiger partial charge in [-0.25, -0.2) is 0 Å². The third kappa shape index (κ3) is 35.5. The second-order valence-corrected chi connectivity index (χ2v) is 14.0. The first-order valence-corrected chi connectivity index (χ1v) is 23.3. The Morgan fingerprint density at radius 2 is 0.672 bits per heavy atom. The van der Waals surface area contributed by atoms with E-state index in [-0.39, 0.29) is 123 Å². The number of likely N-dealkylation sites (tertiary alicyclic amines) is 2. The third-order valence-corrected chi connectivity index (χ3v) is 10.2. The molecule has 8 fully saturated rings. The quantitative estimate of drug-likeness (QED) is 0.135. The van der Waals surface area contributed by atoms with E-state index >= 15 is 0 Å². The first-order chi connectivity index (χ1) is 28.9. The molecule has 2 radical (unpaired) electrons. The van der Waals surface area contributed by atoms with E-state index in [0.29, 0.717) is 0 Å². The van der Waals surface area contributed by atoms with Gasteiger partial charge in [-0.15, -0.1) is 0 Å². The third-order valence-electron chi connectivity index (χ3n) is 10.2. The number of carboxylic acids is 1. The van der Waals surface area contributed by atoms with Gasteiger partial charge in [-0.05, 0) is 0 Å². The second kappa shape index (κ2) is 55.7. The van der Waals surface area contributed by atoms with E-state index in [1.165, 1.54) is 157 Å². The fourth-order valence-electron chi connectivity index (χ4n) is 4.29. The molecule has 0 aromatic rings. The normalized spacial score (nSPS) is 20.6. The Balaban J connectivity index is -0.0000000966. The van der Waals surface area contributed by atoms with Gasteiger partial charge in [-0.3, -0.25) is 48.2 Å². The topological polar surface area (TPSA) is 197 Å². The molecule has 2 atom stereocenters. The fourth-order valence-corrected chi connectivity index (χ4v) is 4.29. The molecule has 6 saturated carbocycles. The standard InChI is InChI=1S/C10H14N2O6.2C4H5NO2.5C4H8.4C2H6.2CH4.2Y/c1-11-8(14)5-4(10(16)17)6(9(15)12-2)7(5)18-3-13;2*1-5-3(6)2-4(5)7;5*1-2-4-3-1;4*1-2;;;;/h3-7H,1-2H3,(H,11,14)(H,12,15)(H,16,17);2*2H2,1H3;5*1-4H2;4*1-2H3;2*1H4;;. The number of imide groups is 2. The number of nitrogens with zero attached hydrogens (tertiary/aromatic N) is 2. The number of rotatable bonds is 5. The summed E-state index contributed by atoms with van der Waals surface area (Å²) in [7, 11) is 5.64. The number of nitrogens with one attached hydrogen (secondary N) is 2. The predicted molar refractivity (Wildman–Crippen MR) is 253 cm³/mol. The SMILES string of the molecule is C.C.C1CCC1.C1CCC1.C1CCC1.C1CCC1.C1CCC1.CC.CC.CC.CC.CN1C(=O)CC1=O.CN1C(=O)CC1=O.CNC(=O)C1C(OC=O)C(C(=O)NC)C1C(=O)O.[Y].[Y]. The summed E-state index contributed by atoms with van der Waals surface area (Å²) in [6, 6.07) is 0. The number of aliphatic carboxylic acids is 1. The van der Waals surface area contributed by atoms with E-state index in [1.54, 1.807) is 0 Å². The molecule has 374 valence electrons. The van der Waals surface area contributed by atoms with Crippen molar-refractivity contribution in [1.29, 1.82) is 0 Å². The summed E-state index contributed by atoms with van der Waals surface area (Å²) in [6.45, 7) is 16.1. The van der Waals surface area contributed by atoms with Crippen molar-refractivity contribution in [3.63, 3.8) is 0 Å². The van der Waals surface area contributed by atoms with Crippen LogP contribution in [0.15, 0.2) is 0 Å². The molecule has 6 amide bonds. The van der Waals surface area contributed by atoms with Gasteiger partial charge >= 0.3 is 5.97 Å². The van der Waals surface area contributed by atoms with Crippen molar-refractivity contribution in [3.05, 3.63) is 0 Å².